The summed E-state index contributed by atoms with van der Waals surface area (Å²) in [4.78, 5) is 0.755. The van der Waals surface area contributed by atoms with Crippen LogP contribution < -0.4 is 0 Å². The largest absolute Gasteiger partial charge is 0.388 e. The third-order valence-electron chi connectivity index (χ3n) is 6.72. The van der Waals surface area contributed by atoms with Crippen molar-refractivity contribution in [2.45, 2.75) is 44.2 Å². The summed E-state index contributed by atoms with van der Waals surface area (Å²) in [6.45, 7) is 0.901. The molecular weight excluding hydrogens is 520 g/mol. The number of rotatable bonds is 14. The van der Waals surface area contributed by atoms with Crippen molar-refractivity contribution in [2.24, 2.45) is 0 Å². The molecule has 0 bridgehead atoms. The number of aliphatic hydroxyl groups is 2. The van der Waals surface area contributed by atoms with Gasteiger partial charge >= 0.3 is 0 Å². The van der Waals surface area contributed by atoms with Gasteiger partial charge in [-0.05, 0) is 34.2 Å². The van der Waals surface area contributed by atoms with E-state index in [0.29, 0.717) is 6.61 Å². The fourth-order valence-electron chi connectivity index (χ4n) is 4.60. The van der Waals surface area contributed by atoms with Gasteiger partial charge in [-0.25, -0.2) is 0 Å². The fourth-order valence-corrected chi connectivity index (χ4v) is 5.69. The Labute approximate surface area is 239 Å². The molecular formula is C34H34O5S. The maximum atomic E-state index is 11.7. The molecule has 5 rings (SSSR count). The van der Waals surface area contributed by atoms with Crippen LogP contribution in [0.2, 0.25) is 0 Å². The third-order valence-corrected chi connectivity index (χ3v) is 7.91. The fraction of sp³-hybridized carbons (Fsp3) is 0.235. The molecule has 6 heteroatoms. The summed E-state index contributed by atoms with van der Waals surface area (Å²) in [5.41, 5.74) is 2.94. The Morgan fingerprint density at radius 3 is 1.65 bits per heavy atom. The van der Waals surface area contributed by atoms with Crippen molar-refractivity contribution in [3.8, 4) is 0 Å². The van der Waals surface area contributed by atoms with Gasteiger partial charge < -0.3 is 24.4 Å². The maximum Gasteiger partial charge on any atom is 0.118 e. The normalized spacial score (nSPS) is 14.6. The van der Waals surface area contributed by atoms with Crippen molar-refractivity contribution in [1.29, 1.82) is 0 Å². The van der Waals surface area contributed by atoms with E-state index in [1.54, 1.807) is 0 Å². The topological polar surface area (TPSA) is 68.2 Å². The molecule has 2 N–H and O–H groups in total. The highest BCUT2D eigenvalue weighted by Crippen LogP contribution is 2.35. The van der Waals surface area contributed by atoms with Crippen LogP contribution >= 0.6 is 11.3 Å². The molecule has 0 radical (unpaired) electrons. The van der Waals surface area contributed by atoms with Gasteiger partial charge in [-0.3, -0.25) is 0 Å². The van der Waals surface area contributed by atoms with Gasteiger partial charge in [0.05, 0.1) is 26.4 Å². The Balaban J connectivity index is 1.40. The van der Waals surface area contributed by atoms with Crippen LogP contribution in [0.1, 0.15) is 27.7 Å². The Bertz CT molecular complexity index is 1390. The molecule has 1 heterocycles. The summed E-state index contributed by atoms with van der Waals surface area (Å²) < 4.78 is 19.7. The summed E-state index contributed by atoms with van der Waals surface area (Å²) >= 11 is 1.52. The molecule has 5 aromatic rings. The van der Waals surface area contributed by atoms with Crippen LogP contribution in [0.15, 0.2) is 121 Å². The number of benzene rings is 4. The Kier molecular flexibility index (Phi) is 10.1. The van der Waals surface area contributed by atoms with Gasteiger partial charge in [0, 0.05) is 9.58 Å². The lowest BCUT2D eigenvalue weighted by atomic mass is 10.0. The second-order valence-corrected chi connectivity index (χ2v) is 10.8. The van der Waals surface area contributed by atoms with E-state index in [4.69, 9.17) is 14.2 Å². The van der Waals surface area contributed by atoms with E-state index in [9.17, 15) is 10.2 Å². The lowest BCUT2D eigenvalue weighted by Crippen LogP contribution is -2.46. The highest BCUT2D eigenvalue weighted by molar-refractivity contribution is 7.19. The molecule has 4 atom stereocenters. The van der Waals surface area contributed by atoms with Crippen LogP contribution in [0.25, 0.3) is 10.1 Å². The molecule has 0 spiro atoms. The van der Waals surface area contributed by atoms with Crippen LogP contribution in [0.4, 0.5) is 0 Å². The van der Waals surface area contributed by atoms with E-state index < -0.39 is 24.4 Å². The van der Waals surface area contributed by atoms with Crippen LogP contribution in [-0.4, -0.2) is 35.1 Å². The first-order chi connectivity index (χ1) is 19.7. The van der Waals surface area contributed by atoms with E-state index >= 15 is 0 Å². The van der Waals surface area contributed by atoms with Gasteiger partial charge in [0.2, 0.25) is 0 Å². The number of hydrogen-bond acceptors (Lipinski definition) is 6. The molecule has 1 unspecified atom stereocenters. The molecule has 206 valence electrons. The summed E-state index contributed by atoms with van der Waals surface area (Å²) in [7, 11) is 0. The first-order valence-electron chi connectivity index (χ1n) is 13.4. The highest BCUT2D eigenvalue weighted by Gasteiger charge is 2.37. The van der Waals surface area contributed by atoms with Gasteiger partial charge in [-0.15, -0.1) is 11.3 Å². The van der Waals surface area contributed by atoms with Gasteiger partial charge in [0.1, 0.15) is 24.4 Å². The lowest BCUT2D eigenvalue weighted by Gasteiger charge is -2.33. The van der Waals surface area contributed by atoms with Crippen molar-refractivity contribution >= 4 is 21.4 Å². The SMILES string of the molecule is OC(c1cc2ccccc2s1)[C@@H](OCc1ccccc1)[C@@H](OCc1ccccc1)[C@H](O)COCc1ccccc1. The quantitative estimate of drug-likeness (QED) is 0.160. The molecule has 0 fully saturated rings. The molecule has 0 saturated heterocycles. The van der Waals surface area contributed by atoms with E-state index in [-0.39, 0.29) is 19.8 Å². The average molecular weight is 555 g/mol. The molecule has 0 aliphatic heterocycles. The molecule has 5 nitrogen and oxygen atoms in total. The zero-order chi connectivity index (χ0) is 27.6. The Morgan fingerprint density at radius 2 is 1.07 bits per heavy atom. The van der Waals surface area contributed by atoms with Gasteiger partial charge in [-0.2, -0.15) is 0 Å². The summed E-state index contributed by atoms with van der Waals surface area (Å²) in [5.74, 6) is 0. The van der Waals surface area contributed by atoms with Crippen molar-refractivity contribution < 1.29 is 24.4 Å². The van der Waals surface area contributed by atoms with E-state index in [0.717, 1.165) is 31.7 Å². The summed E-state index contributed by atoms with van der Waals surface area (Å²) in [5, 5.41) is 24.2. The Hall–Kier alpha value is -3.36. The van der Waals surface area contributed by atoms with Gasteiger partial charge in [0.25, 0.3) is 0 Å². The number of ether oxygens (including phenoxy) is 3. The smallest absolute Gasteiger partial charge is 0.118 e. The van der Waals surface area contributed by atoms with Crippen LogP contribution in [0.5, 0.6) is 0 Å². The van der Waals surface area contributed by atoms with Gasteiger partial charge in [0.15, 0.2) is 0 Å². The van der Waals surface area contributed by atoms with Crippen molar-refractivity contribution in [3.05, 3.63) is 143 Å². The summed E-state index contributed by atoms with van der Waals surface area (Å²) in [6.07, 6.45) is -3.78. The molecule has 40 heavy (non-hydrogen) atoms. The minimum Gasteiger partial charge on any atom is -0.388 e. The second-order valence-electron chi connectivity index (χ2n) is 9.72. The van der Waals surface area contributed by atoms with E-state index in [1.807, 2.05) is 121 Å². The lowest BCUT2D eigenvalue weighted by molar-refractivity contribution is -0.176. The predicted molar refractivity (Wildman–Crippen MR) is 159 cm³/mol. The van der Waals surface area contributed by atoms with Crippen molar-refractivity contribution in [1.82, 2.24) is 0 Å². The van der Waals surface area contributed by atoms with E-state index in [1.165, 1.54) is 11.3 Å². The number of fused-ring (bicyclic) bond motifs is 1. The predicted octanol–water partition coefficient (Wildman–Crippen LogP) is 6.68. The highest BCUT2D eigenvalue weighted by atomic mass is 32.1. The molecule has 0 aliphatic carbocycles. The first-order valence-corrected chi connectivity index (χ1v) is 14.3. The minimum atomic E-state index is -1.04. The van der Waals surface area contributed by atoms with Crippen LogP contribution in [0.3, 0.4) is 0 Å². The van der Waals surface area contributed by atoms with Crippen LogP contribution in [-0.2, 0) is 34.0 Å². The average Bonchev–Trinajstić information content (AvgIpc) is 3.44. The summed E-state index contributed by atoms with van der Waals surface area (Å²) in [6, 6.07) is 39.4. The minimum absolute atomic E-state index is 0.0265. The standard InChI is InChI=1S/C34H34O5S/c35-29(24-37-21-25-12-4-1-5-13-25)33(38-22-26-14-6-2-7-15-26)34(39-23-27-16-8-3-9-17-27)32(36)31-20-28-18-10-11-19-30(28)40-31/h1-20,29,32-36H,21-24H2/t29-,32?,33+,34-/m1/s1. The zero-order valence-corrected chi connectivity index (χ0v) is 23.0. The van der Waals surface area contributed by atoms with Crippen molar-refractivity contribution in [3.63, 3.8) is 0 Å². The third kappa shape index (κ3) is 7.64. The monoisotopic (exact) mass is 554 g/mol. The molecule has 1 aromatic heterocycles. The Morgan fingerprint density at radius 1 is 0.575 bits per heavy atom. The molecule has 0 amide bonds. The van der Waals surface area contributed by atoms with Crippen LogP contribution in [0, 0.1) is 0 Å². The molecule has 0 saturated carbocycles. The van der Waals surface area contributed by atoms with Gasteiger partial charge in [-0.1, -0.05) is 109 Å². The first kappa shape index (κ1) is 28.2. The molecule has 0 aliphatic rings. The number of hydrogen-bond donors (Lipinski definition) is 2. The number of aliphatic hydroxyl groups excluding tert-OH is 2. The second kappa shape index (κ2) is 14.3. The zero-order valence-electron chi connectivity index (χ0n) is 22.2. The van der Waals surface area contributed by atoms with Crippen molar-refractivity contribution in [2.75, 3.05) is 6.61 Å². The van der Waals surface area contributed by atoms with E-state index in [2.05, 4.69) is 0 Å². The molecule has 4 aromatic carbocycles. The number of thiophene rings is 1. The maximum absolute atomic E-state index is 11.7.